The first-order chi connectivity index (χ1) is 10.8. The molecule has 126 valence electrons. The Morgan fingerprint density at radius 3 is 2.70 bits per heavy atom. The molecule has 0 radical (unpaired) electrons. The molecule has 0 saturated carbocycles. The number of aromatic nitrogens is 3. The van der Waals surface area contributed by atoms with Gasteiger partial charge in [-0.15, -0.1) is 5.10 Å². The Labute approximate surface area is 140 Å². The normalized spacial score (nSPS) is 13.1. The molecule has 0 saturated heterocycles. The lowest BCUT2D eigenvalue weighted by atomic mass is 10.2. The van der Waals surface area contributed by atoms with E-state index in [1.54, 1.807) is 30.5 Å². The van der Waals surface area contributed by atoms with Crippen LogP contribution in [0.1, 0.15) is 31.3 Å². The summed E-state index contributed by atoms with van der Waals surface area (Å²) in [6, 6.07) is 4.54. The lowest BCUT2D eigenvalue weighted by Gasteiger charge is -2.16. The highest BCUT2D eigenvalue weighted by Crippen LogP contribution is 2.24. The number of ether oxygens (including phenoxy) is 1. The number of hydrogen-bond acceptors (Lipinski definition) is 5. The van der Waals surface area contributed by atoms with Crippen molar-refractivity contribution in [2.75, 3.05) is 7.11 Å². The van der Waals surface area contributed by atoms with Crippen molar-refractivity contribution in [1.29, 1.82) is 0 Å². The van der Waals surface area contributed by atoms with Crippen LogP contribution in [0, 0.1) is 6.92 Å². The molecule has 2 aromatic rings. The molecule has 0 aliphatic rings. The lowest BCUT2D eigenvalue weighted by Crippen LogP contribution is -2.29. The zero-order valence-electron chi connectivity index (χ0n) is 13.4. The molecule has 9 heteroatoms. The molecule has 0 aliphatic carbocycles. The number of halogens is 1. The van der Waals surface area contributed by atoms with E-state index < -0.39 is 16.1 Å². The number of nitrogens with one attached hydrogen (secondary N) is 1. The number of rotatable bonds is 6. The van der Waals surface area contributed by atoms with Gasteiger partial charge in [-0.3, -0.25) is 4.57 Å². The van der Waals surface area contributed by atoms with Crippen LogP contribution < -0.4 is 9.46 Å². The molecular weight excluding hydrogens is 340 g/mol. The molecule has 0 bridgehead atoms. The first kappa shape index (κ1) is 17.7. The van der Waals surface area contributed by atoms with Crippen LogP contribution in [0.25, 0.3) is 0 Å². The van der Waals surface area contributed by atoms with Gasteiger partial charge in [0.2, 0.25) is 10.0 Å². The fourth-order valence-electron chi connectivity index (χ4n) is 2.30. The van der Waals surface area contributed by atoms with Crippen molar-refractivity contribution in [3.05, 3.63) is 34.6 Å². The zero-order valence-corrected chi connectivity index (χ0v) is 14.9. The number of methoxy groups -OCH3 is 1. The summed E-state index contributed by atoms with van der Waals surface area (Å²) in [4.78, 5) is 0.145. The van der Waals surface area contributed by atoms with Crippen LogP contribution in [-0.4, -0.2) is 30.3 Å². The Bertz CT molecular complexity index is 804. The Kier molecular flexibility index (Phi) is 5.28. The van der Waals surface area contributed by atoms with Crippen LogP contribution in [-0.2, 0) is 16.6 Å². The zero-order chi connectivity index (χ0) is 17.2. The Morgan fingerprint density at radius 2 is 2.09 bits per heavy atom. The van der Waals surface area contributed by atoms with Gasteiger partial charge in [0.1, 0.15) is 0 Å². The second-order valence-corrected chi connectivity index (χ2v) is 7.08. The van der Waals surface area contributed by atoms with Crippen molar-refractivity contribution in [3.63, 3.8) is 0 Å². The minimum absolute atomic E-state index is 0.145. The number of nitrogens with zero attached hydrogens (tertiary/aromatic N) is 3. The second kappa shape index (κ2) is 6.86. The molecule has 1 atom stereocenters. The van der Waals surface area contributed by atoms with E-state index in [1.165, 1.54) is 13.2 Å². The van der Waals surface area contributed by atoms with E-state index in [0.717, 1.165) is 0 Å². The second-order valence-electron chi connectivity index (χ2n) is 5.00. The van der Waals surface area contributed by atoms with Crippen LogP contribution in [0.4, 0.5) is 0 Å². The van der Waals surface area contributed by atoms with Gasteiger partial charge in [0.25, 0.3) is 0 Å². The highest BCUT2D eigenvalue weighted by molar-refractivity contribution is 7.89. The highest BCUT2D eigenvalue weighted by Gasteiger charge is 2.25. The van der Waals surface area contributed by atoms with Gasteiger partial charge >= 0.3 is 6.01 Å². The standard InChI is InChI=1S/C14H19ClN4O3S/c1-5-19-13(16-17-14(19)22-4)10(3)18-23(20,21)12-8-6-7-11(15)9(12)2/h6-8,10,18H,5H2,1-4H3/t10-/m1/s1. The van der Waals surface area contributed by atoms with E-state index in [0.29, 0.717) is 29.0 Å². The number of sulfonamides is 1. The first-order valence-corrected chi connectivity index (χ1v) is 8.92. The minimum Gasteiger partial charge on any atom is -0.467 e. The molecule has 1 aromatic heterocycles. The number of benzene rings is 1. The van der Waals surface area contributed by atoms with E-state index >= 15 is 0 Å². The van der Waals surface area contributed by atoms with E-state index in [2.05, 4.69) is 14.9 Å². The molecule has 7 nitrogen and oxygen atoms in total. The topological polar surface area (TPSA) is 86.1 Å². The molecule has 23 heavy (non-hydrogen) atoms. The van der Waals surface area contributed by atoms with Crippen molar-refractivity contribution in [2.45, 2.75) is 38.3 Å². The van der Waals surface area contributed by atoms with E-state index in [-0.39, 0.29) is 4.90 Å². The Balaban J connectivity index is 2.34. The lowest BCUT2D eigenvalue weighted by molar-refractivity contribution is 0.354. The van der Waals surface area contributed by atoms with E-state index in [1.807, 2.05) is 6.92 Å². The van der Waals surface area contributed by atoms with Crippen molar-refractivity contribution in [3.8, 4) is 6.01 Å². The molecule has 1 heterocycles. The van der Waals surface area contributed by atoms with Gasteiger partial charge in [0.15, 0.2) is 5.82 Å². The maximum absolute atomic E-state index is 12.6. The molecule has 0 unspecified atom stereocenters. The van der Waals surface area contributed by atoms with Crippen molar-refractivity contribution >= 4 is 21.6 Å². The number of hydrogen-bond donors (Lipinski definition) is 1. The van der Waals surface area contributed by atoms with Crippen LogP contribution in [0.5, 0.6) is 6.01 Å². The monoisotopic (exact) mass is 358 g/mol. The van der Waals surface area contributed by atoms with Gasteiger partial charge < -0.3 is 4.74 Å². The fraction of sp³-hybridized carbons (Fsp3) is 0.429. The van der Waals surface area contributed by atoms with Gasteiger partial charge in [0.05, 0.1) is 18.0 Å². The molecular formula is C14H19ClN4O3S. The Hall–Kier alpha value is -1.64. The summed E-state index contributed by atoms with van der Waals surface area (Å²) >= 11 is 6.01. The van der Waals surface area contributed by atoms with Gasteiger partial charge in [-0.25, -0.2) is 13.1 Å². The van der Waals surface area contributed by atoms with Crippen LogP contribution in [0.2, 0.25) is 5.02 Å². The van der Waals surface area contributed by atoms with Gasteiger partial charge in [-0.1, -0.05) is 22.8 Å². The summed E-state index contributed by atoms with van der Waals surface area (Å²) in [6.07, 6.45) is 0. The summed E-state index contributed by atoms with van der Waals surface area (Å²) in [6.45, 7) is 5.83. The van der Waals surface area contributed by atoms with Crippen molar-refractivity contribution in [1.82, 2.24) is 19.5 Å². The van der Waals surface area contributed by atoms with E-state index in [4.69, 9.17) is 16.3 Å². The third kappa shape index (κ3) is 3.49. The molecule has 2 rings (SSSR count). The predicted molar refractivity (Wildman–Crippen MR) is 87.2 cm³/mol. The maximum atomic E-state index is 12.6. The molecule has 0 spiro atoms. The van der Waals surface area contributed by atoms with Crippen LogP contribution >= 0.6 is 11.6 Å². The fourth-order valence-corrected chi connectivity index (χ4v) is 4.00. The quantitative estimate of drug-likeness (QED) is 0.856. The summed E-state index contributed by atoms with van der Waals surface area (Å²) in [5, 5.41) is 8.31. The Morgan fingerprint density at radius 1 is 1.39 bits per heavy atom. The van der Waals surface area contributed by atoms with Gasteiger partial charge in [-0.05, 0) is 38.5 Å². The first-order valence-electron chi connectivity index (χ1n) is 7.06. The third-order valence-corrected chi connectivity index (χ3v) is 5.57. The summed E-state index contributed by atoms with van der Waals surface area (Å²) in [5.41, 5.74) is 0.503. The minimum atomic E-state index is -3.74. The van der Waals surface area contributed by atoms with Gasteiger partial charge in [0, 0.05) is 11.6 Å². The molecule has 0 fully saturated rings. The smallest absolute Gasteiger partial charge is 0.316 e. The molecule has 0 aliphatic heterocycles. The summed E-state index contributed by atoms with van der Waals surface area (Å²) in [5.74, 6) is 0.479. The summed E-state index contributed by atoms with van der Waals surface area (Å²) < 4.78 is 34.6. The molecule has 1 aromatic carbocycles. The van der Waals surface area contributed by atoms with Gasteiger partial charge in [-0.2, -0.15) is 0 Å². The van der Waals surface area contributed by atoms with Crippen LogP contribution in [0.15, 0.2) is 23.1 Å². The van der Waals surface area contributed by atoms with E-state index in [9.17, 15) is 8.42 Å². The highest BCUT2D eigenvalue weighted by atomic mass is 35.5. The maximum Gasteiger partial charge on any atom is 0.316 e. The molecule has 1 N–H and O–H groups in total. The third-order valence-electron chi connectivity index (χ3n) is 3.47. The molecule has 0 amide bonds. The van der Waals surface area contributed by atoms with Crippen molar-refractivity contribution in [2.24, 2.45) is 0 Å². The SMILES string of the molecule is CCn1c(OC)nnc1[C@@H](C)NS(=O)(=O)c1cccc(Cl)c1C. The summed E-state index contributed by atoms with van der Waals surface area (Å²) in [7, 11) is -2.25. The average Bonchev–Trinajstić information content (AvgIpc) is 2.92. The average molecular weight is 359 g/mol. The predicted octanol–water partition coefficient (Wildman–Crippen LogP) is 2.31. The largest absolute Gasteiger partial charge is 0.467 e. The van der Waals surface area contributed by atoms with Crippen molar-refractivity contribution < 1.29 is 13.2 Å². The van der Waals surface area contributed by atoms with Crippen LogP contribution in [0.3, 0.4) is 0 Å².